The monoisotopic (exact) mass is 336 g/mol. The molecule has 1 fully saturated rings. The van der Waals surface area contributed by atoms with Crippen LogP contribution in [0.4, 0.5) is 0 Å². The minimum atomic E-state index is -3.43. The highest BCUT2D eigenvalue weighted by atomic mass is 35.5. The normalized spacial score (nSPS) is 23.1. The van der Waals surface area contributed by atoms with E-state index >= 15 is 0 Å². The van der Waals surface area contributed by atoms with Crippen LogP contribution in [0.25, 0.3) is 0 Å². The Hall–Kier alpha value is -0.270. The Kier molecular flexibility index (Phi) is 6.81. The fourth-order valence-corrected chi connectivity index (χ4v) is 4.11. The van der Waals surface area contributed by atoms with Crippen LogP contribution in [0.2, 0.25) is 0 Å². The summed E-state index contributed by atoms with van der Waals surface area (Å²) in [7, 11) is -3.43. The van der Waals surface area contributed by atoms with E-state index in [0.717, 1.165) is 17.9 Å². The van der Waals surface area contributed by atoms with Gasteiger partial charge in [-0.25, -0.2) is 13.1 Å². The molecule has 7 heteroatoms. The number of hydrogen-bond donors (Lipinski definition) is 2. The van der Waals surface area contributed by atoms with Crippen molar-refractivity contribution >= 4 is 34.2 Å². The average Bonchev–Trinajstić information content (AvgIpc) is 2.41. The van der Waals surface area contributed by atoms with Crippen LogP contribution in [-0.4, -0.2) is 33.8 Å². The van der Waals surface area contributed by atoms with E-state index in [2.05, 4.69) is 17.0 Å². The molecular weight excluding hydrogens is 316 g/mol. The molecule has 0 radical (unpaired) electrons. The molecule has 1 saturated heterocycles. The van der Waals surface area contributed by atoms with Gasteiger partial charge in [0.25, 0.3) is 0 Å². The molecule has 0 spiro atoms. The third-order valence-corrected chi connectivity index (χ3v) is 5.70. The fraction of sp³-hybridized carbons (Fsp3) is 0.538. The first-order valence-electron chi connectivity index (χ1n) is 6.40. The van der Waals surface area contributed by atoms with Crippen molar-refractivity contribution in [2.45, 2.75) is 29.2 Å². The summed E-state index contributed by atoms with van der Waals surface area (Å²) in [5.74, 6) is 0.361. The highest BCUT2D eigenvalue weighted by Gasteiger charge is 2.26. The predicted octanol–water partition coefficient (Wildman–Crippen LogP) is 2.11. The Labute approximate surface area is 131 Å². The van der Waals surface area contributed by atoms with Crippen LogP contribution < -0.4 is 10.0 Å². The lowest BCUT2D eigenvalue weighted by molar-refractivity contribution is 0.327. The first kappa shape index (κ1) is 17.8. The minimum Gasteiger partial charge on any atom is -0.315 e. The van der Waals surface area contributed by atoms with Gasteiger partial charge in [0.1, 0.15) is 0 Å². The van der Waals surface area contributed by atoms with Crippen molar-refractivity contribution in [3.05, 3.63) is 24.3 Å². The Morgan fingerprint density at radius 2 is 2.15 bits per heavy atom. The highest BCUT2D eigenvalue weighted by Crippen LogP contribution is 2.20. The Bertz CT molecular complexity index is 537. The van der Waals surface area contributed by atoms with Gasteiger partial charge in [0.2, 0.25) is 10.0 Å². The molecule has 2 N–H and O–H groups in total. The van der Waals surface area contributed by atoms with Crippen molar-refractivity contribution in [1.82, 2.24) is 10.0 Å². The van der Waals surface area contributed by atoms with E-state index in [1.54, 1.807) is 30.0 Å². The first-order chi connectivity index (χ1) is 9.03. The maximum atomic E-state index is 12.4. The molecule has 0 aliphatic carbocycles. The number of halogens is 1. The molecule has 0 aromatic heterocycles. The number of sulfonamides is 1. The lowest BCUT2D eigenvalue weighted by Gasteiger charge is -2.30. The maximum absolute atomic E-state index is 12.4. The summed E-state index contributed by atoms with van der Waals surface area (Å²) >= 11 is 1.54. The van der Waals surface area contributed by atoms with Crippen molar-refractivity contribution in [1.29, 1.82) is 0 Å². The van der Waals surface area contributed by atoms with E-state index in [1.165, 1.54) is 0 Å². The summed E-state index contributed by atoms with van der Waals surface area (Å²) in [4.78, 5) is 1.30. The van der Waals surface area contributed by atoms with Gasteiger partial charge in [0.15, 0.2) is 0 Å². The molecule has 1 heterocycles. The minimum absolute atomic E-state index is 0. The van der Waals surface area contributed by atoms with Crippen molar-refractivity contribution < 1.29 is 8.42 Å². The van der Waals surface area contributed by atoms with Crippen LogP contribution in [0.15, 0.2) is 34.1 Å². The van der Waals surface area contributed by atoms with Gasteiger partial charge in [-0.15, -0.1) is 24.2 Å². The lowest BCUT2D eigenvalue weighted by atomic mass is 9.96. The summed E-state index contributed by atoms with van der Waals surface area (Å²) in [6, 6.07) is 7.02. The number of benzene rings is 1. The molecule has 2 atom stereocenters. The van der Waals surface area contributed by atoms with Gasteiger partial charge in [0, 0.05) is 17.5 Å². The largest absolute Gasteiger partial charge is 0.315 e. The fourth-order valence-electron chi connectivity index (χ4n) is 2.18. The van der Waals surface area contributed by atoms with Crippen LogP contribution in [0.1, 0.15) is 13.3 Å². The standard InChI is InChI=1S/C13H20N2O2S2.ClH/c1-10-6-7-14-9-13(10)15-19(16,17)12-5-3-4-11(8-12)18-2;/h3-5,8,10,13-15H,6-7,9H2,1-2H3;1H. The van der Waals surface area contributed by atoms with Crippen molar-refractivity contribution in [3.63, 3.8) is 0 Å². The molecule has 114 valence electrons. The number of nitrogens with one attached hydrogen (secondary N) is 2. The second-order valence-corrected chi connectivity index (χ2v) is 7.47. The molecular formula is C13H21ClN2O2S2. The van der Waals surface area contributed by atoms with Crippen molar-refractivity contribution in [2.75, 3.05) is 19.3 Å². The van der Waals surface area contributed by atoms with Crippen LogP contribution >= 0.6 is 24.2 Å². The van der Waals surface area contributed by atoms with Gasteiger partial charge in [-0.3, -0.25) is 0 Å². The quantitative estimate of drug-likeness (QED) is 0.827. The van der Waals surface area contributed by atoms with Crippen molar-refractivity contribution in [3.8, 4) is 0 Å². The number of thioether (sulfide) groups is 1. The molecule has 2 unspecified atom stereocenters. The van der Waals surface area contributed by atoms with E-state index in [9.17, 15) is 8.42 Å². The molecule has 1 aromatic rings. The zero-order chi connectivity index (χ0) is 13.9. The van der Waals surface area contributed by atoms with Gasteiger partial charge in [0.05, 0.1) is 4.90 Å². The van der Waals surface area contributed by atoms with Crippen LogP contribution in [-0.2, 0) is 10.0 Å². The SMILES string of the molecule is CSc1cccc(S(=O)(=O)NC2CNCCC2C)c1.Cl. The van der Waals surface area contributed by atoms with E-state index in [0.29, 0.717) is 17.4 Å². The summed E-state index contributed by atoms with van der Waals surface area (Å²) in [5.41, 5.74) is 0. The van der Waals surface area contributed by atoms with Crippen molar-refractivity contribution in [2.24, 2.45) is 5.92 Å². The zero-order valence-electron chi connectivity index (χ0n) is 11.6. The smallest absolute Gasteiger partial charge is 0.240 e. The molecule has 1 aromatic carbocycles. The average molecular weight is 337 g/mol. The molecule has 1 aliphatic heterocycles. The predicted molar refractivity (Wildman–Crippen MR) is 86.2 cm³/mol. The van der Waals surface area contributed by atoms with Gasteiger partial charge in [-0.1, -0.05) is 13.0 Å². The van der Waals surface area contributed by atoms with Crippen LogP contribution in [0.5, 0.6) is 0 Å². The lowest BCUT2D eigenvalue weighted by Crippen LogP contribution is -2.50. The van der Waals surface area contributed by atoms with Crippen LogP contribution in [0, 0.1) is 5.92 Å². The summed E-state index contributed by atoms with van der Waals surface area (Å²) in [5, 5.41) is 3.23. The third kappa shape index (κ3) is 4.36. The van der Waals surface area contributed by atoms with E-state index in [1.807, 2.05) is 12.3 Å². The molecule has 1 aliphatic rings. The Balaban J connectivity index is 0.00000200. The topological polar surface area (TPSA) is 58.2 Å². The van der Waals surface area contributed by atoms with Gasteiger partial charge in [-0.05, 0) is 43.3 Å². The number of piperidine rings is 1. The zero-order valence-corrected chi connectivity index (χ0v) is 14.1. The second kappa shape index (κ2) is 7.66. The molecule has 0 amide bonds. The summed E-state index contributed by atoms with van der Waals surface area (Å²) < 4.78 is 27.5. The first-order valence-corrected chi connectivity index (χ1v) is 9.11. The number of rotatable bonds is 4. The molecule has 20 heavy (non-hydrogen) atoms. The van der Waals surface area contributed by atoms with E-state index in [4.69, 9.17) is 0 Å². The van der Waals surface area contributed by atoms with Crippen LogP contribution in [0.3, 0.4) is 0 Å². The Morgan fingerprint density at radius 3 is 2.80 bits per heavy atom. The molecule has 0 saturated carbocycles. The maximum Gasteiger partial charge on any atom is 0.240 e. The van der Waals surface area contributed by atoms with E-state index < -0.39 is 10.0 Å². The van der Waals surface area contributed by atoms with E-state index in [-0.39, 0.29) is 18.4 Å². The summed E-state index contributed by atoms with van der Waals surface area (Å²) in [6.07, 6.45) is 2.93. The van der Waals surface area contributed by atoms with Gasteiger partial charge < -0.3 is 5.32 Å². The number of hydrogen-bond acceptors (Lipinski definition) is 4. The van der Waals surface area contributed by atoms with Gasteiger partial charge >= 0.3 is 0 Å². The third-order valence-electron chi connectivity index (χ3n) is 3.49. The highest BCUT2D eigenvalue weighted by molar-refractivity contribution is 7.98. The molecule has 2 rings (SSSR count). The summed E-state index contributed by atoms with van der Waals surface area (Å²) in [6.45, 7) is 3.75. The van der Waals surface area contributed by atoms with Gasteiger partial charge in [-0.2, -0.15) is 0 Å². The Morgan fingerprint density at radius 1 is 1.40 bits per heavy atom. The molecule has 0 bridgehead atoms. The molecule has 4 nitrogen and oxygen atoms in total. The second-order valence-electron chi connectivity index (χ2n) is 4.88.